The molecule has 17 heavy (non-hydrogen) atoms. The zero-order chi connectivity index (χ0) is 12.3. The average molecular weight is 252 g/mol. The first-order valence-electron chi connectivity index (χ1n) is 6.19. The van der Waals surface area contributed by atoms with Crippen molar-refractivity contribution in [3.8, 4) is 0 Å². The molecular formula is C14H18ClNO. The first-order valence-corrected chi connectivity index (χ1v) is 6.57. The van der Waals surface area contributed by atoms with Gasteiger partial charge < -0.3 is 5.73 Å². The van der Waals surface area contributed by atoms with Crippen LogP contribution in [0.2, 0.25) is 5.02 Å². The maximum atomic E-state index is 12.6. The molecule has 1 aliphatic carbocycles. The molecule has 92 valence electrons. The van der Waals surface area contributed by atoms with E-state index in [1.807, 2.05) is 12.1 Å². The average Bonchev–Trinajstić information content (AvgIpc) is 2.39. The third-order valence-electron chi connectivity index (χ3n) is 3.80. The van der Waals surface area contributed by atoms with Crippen LogP contribution in [0.5, 0.6) is 0 Å². The third-order valence-corrected chi connectivity index (χ3v) is 4.13. The van der Waals surface area contributed by atoms with E-state index in [0.29, 0.717) is 17.1 Å². The van der Waals surface area contributed by atoms with Crippen LogP contribution < -0.4 is 5.73 Å². The van der Waals surface area contributed by atoms with Crippen LogP contribution in [0, 0.1) is 5.41 Å². The number of hydrogen-bond donors (Lipinski definition) is 1. The molecule has 0 amide bonds. The smallest absolute Gasteiger partial charge is 0.171 e. The summed E-state index contributed by atoms with van der Waals surface area (Å²) in [4.78, 5) is 12.6. The molecule has 0 aliphatic heterocycles. The molecule has 0 bridgehead atoms. The summed E-state index contributed by atoms with van der Waals surface area (Å²) < 4.78 is 0. The zero-order valence-electron chi connectivity index (χ0n) is 9.92. The molecule has 2 nitrogen and oxygen atoms in total. The Labute approximate surface area is 107 Å². The van der Waals surface area contributed by atoms with Gasteiger partial charge in [0.05, 0.1) is 5.02 Å². The van der Waals surface area contributed by atoms with Gasteiger partial charge in [-0.3, -0.25) is 4.79 Å². The Morgan fingerprint density at radius 1 is 1.24 bits per heavy atom. The highest BCUT2D eigenvalue weighted by atomic mass is 35.5. The van der Waals surface area contributed by atoms with Gasteiger partial charge in [-0.05, 0) is 25.0 Å². The van der Waals surface area contributed by atoms with E-state index < -0.39 is 0 Å². The Hall–Kier alpha value is -0.860. The molecule has 1 aromatic rings. The van der Waals surface area contributed by atoms with Gasteiger partial charge in [0, 0.05) is 17.5 Å². The molecule has 0 heterocycles. The summed E-state index contributed by atoms with van der Waals surface area (Å²) in [7, 11) is 0. The fourth-order valence-corrected chi connectivity index (χ4v) is 2.91. The number of ketones is 1. The summed E-state index contributed by atoms with van der Waals surface area (Å²) in [5, 5.41) is 0.538. The van der Waals surface area contributed by atoms with E-state index in [-0.39, 0.29) is 11.2 Å². The van der Waals surface area contributed by atoms with Gasteiger partial charge in [-0.2, -0.15) is 0 Å². The zero-order valence-corrected chi connectivity index (χ0v) is 10.7. The Morgan fingerprint density at radius 3 is 2.47 bits per heavy atom. The highest BCUT2D eigenvalue weighted by Crippen LogP contribution is 2.39. The van der Waals surface area contributed by atoms with Crippen molar-refractivity contribution in [3.05, 3.63) is 34.9 Å². The molecular weight excluding hydrogens is 234 g/mol. The maximum Gasteiger partial charge on any atom is 0.171 e. The molecule has 0 spiro atoms. The predicted molar refractivity (Wildman–Crippen MR) is 70.4 cm³/mol. The second kappa shape index (κ2) is 5.19. The fourth-order valence-electron chi connectivity index (χ4n) is 2.68. The lowest BCUT2D eigenvalue weighted by atomic mass is 9.69. The number of halogens is 1. The lowest BCUT2D eigenvalue weighted by Gasteiger charge is -2.34. The van der Waals surface area contributed by atoms with E-state index in [9.17, 15) is 4.79 Å². The SMILES string of the molecule is NCC1(C(=O)c2ccccc2Cl)CCCCC1. The van der Waals surface area contributed by atoms with E-state index in [1.54, 1.807) is 12.1 Å². The van der Waals surface area contributed by atoms with E-state index in [2.05, 4.69) is 0 Å². The quantitative estimate of drug-likeness (QED) is 0.837. The molecule has 1 saturated carbocycles. The van der Waals surface area contributed by atoms with Crippen molar-refractivity contribution < 1.29 is 4.79 Å². The fraction of sp³-hybridized carbons (Fsp3) is 0.500. The molecule has 0 atom stereocenters. The Kier molecular flexibility index (Phi) is 3.85. The molecule has 1 aromatic carbocycles. The molecule has 0 radical (unpaired) electrons. The minimum atomic E-state index is -0.372. The summed E-state index contributed by atoms with van der Waals surface area (Å²) in [6.45, 7) is 0.428. The minimum Gasteiger partial charge on any atom is -0.329 e. The number of rotatable bonds is 3. The van der Waals surface area contributed by atoms with Crippen molar-refractivity contribution in [3.63, 3.8) is 0 Å². The molecule has 2 N–H and O–H groups in total. The van der Waals surface area contributed by atoms with Crippen molar-refractivity contribution in [1.82, 2.24) is 0 Å². The number of Topliss-reactive ketones (excluding diaryl/α,β-unsaturated/α-hetero) is 1. The van der Waals surface area contributed by atoms with E-state index >= 15 is 0 Å². The normalized spacial score (nSPS) is 18.9. The molecule has 1 fully saturated rings. The van der Waals surface area contributed by atoms with E-state index in [4.69, 9.17) is 17.3 Å². The monoisotopic (exact) mass is 251 g/mol. The van der Waals surface area contributed by atoms with Gasteiger partial charge in [0.1, 0.15) is 0 Å². The second-order valence-corrected chi connectivity index (χ2v) is 5.26. The van der Waals surface area contributed by atoms with Crippen molar-refractivity contribution in [1.29, 1.82) is 0 Å². The Bertz CT molecular complexity index is 410. The molecule has 2 rings (SSSR count). The summed E-state index contributed by atoms with van der Waals surface area (Å²) in [5.74, 6) is 0.130. The first kappa shape index (κ1) is 12.6. The van der Waals surface area contributed by atoms with Crippen molar-refractivity contribution in [2.45, 2.75) is 32.1 Å². The number of nitrogens with two attached hydrogens (primary N) is 1. The van der Waals surface area contributed by atoms with Gasteiger partial charge in [0.25, 0.3) is 0 Å². The summed E-state index contributed by atoms with van der Waals surface area (Å²) in [5.41, 5.74) is 6.12. The summed E-state index contributed by atoms with van der Waals surface area (Å²) in [6.07, 6.45) is 5.18. The standard InChI is InChI=1S/C14H18ClNO/c15-12-7-3-2-6-11(12)13(17)14(10-16)8-4-1-5-9-14/h2-3,6-7H,1,4-5,8-10,16H2. The lowest BCUT2D eigenvalue weighted by Crippen LogP contribution is -2.40. The molecule has 0 saturated heterocycles. The highest BCUT2D eigenvalue weighted by Gasteiger charge is 2.39. The predicted octanol–water partition coefficient (Wildman–Crippen LogP) is 3.43. The van der Waals surface area contributed by atoms with Crippen LogP contribution in [0.1, 0.15) is 42.5 Å². The Balaban J connectivity index is 2.32. The number of carbonyl (C=O) groups excluding carboxylic acids is 1. The maximum absolute atomic E-state index is 12.6. The van der Waals surface area contributed by atoms with Gasteiger partial charge in [0.15, 0.2) is 5.78 Å². The molecule has 0 unspecified atom stereocenters. The molecule has 3 heteroatoms. The Morgan fingerprint density at radius 2 is 1.88 bits per heavy atom. The lowest BCUT2D eigenvalue weighted by molar-refractivity contribution is 0.0729. The van der Waals surface area contributed by atoms with Crippen LogP contribution in [-0.2, 0) is 0 Å². The molecule has 0 aromatic heterocycles. The van der Waals surface area contributed by atoms with Crippen LogP contribution in [0.25, 0.3) is 0 Å². The topological polar surface area (TPSA) is 43.1 Å². The van der Waals surface area contributed by atoms with Crippen LogP contribution in [0.15, 0.2) is 24.3 Å². The van der Waals surface area contributed by atoms with Crippen LogP contribution >= 0.6 is 11.6 Å². The van der Waals surface area contributed by atoms with Gasteiger partial charge in [0.2, 0.25) is 0 Å². The van der Waals surface area contributed by atoms with Gasteiger partial charge in [-0.25, -0.2) is 0 Å². The minimum absolute atomic E-state index is 0.130. The number of carbonyl (C=O) groups is 1. The van der Waals surface area contributed by atoms with Gasteiger partial charge in [-0.15, -0.1) is 0 Å². The van der Waals surface area contributed by atoms with Gasteiger partial charge in [-0.1, -0.05) is 43.0 Å². The molecule has 1 aliphatic rings. The first-order chi connectivity index (χ1) is 8.19. The van der Waals surface area contributed by atoms with Crippen molar-refractivity contribution >= 4 is 17.4 Å². The third kappa shape index (κ3) is 2.38. The van der Waals surface area contributed by atoms with Crippen LogP contribution in [0.3, 0.4) is 0 Å². The summed E-state index contributed by atoms with van der Waals surface area (Å²) in [6, 6.07) is 7.26. The van der Waals surface area contributed by atoms with Crippen LogP contribution in [0.4, 0.5) is 0 Å². The van der Waals surface area contributed by atoms with Crippen LogP contribution in [-0.4, -0.2) is 12.3 Å². The largest absolute Gasteiger partial charge is 0.329 e. The second-order valence-electron chi connectivity index (χ2n) is 4.85. The van der Waals surface area contributed by atoms with Gasteiger partial charge >= 0.3 is 0 Å². The number of hydrogen-bond acceptors (Lipinski definition) is 2. The van der Waals surface area contributed by atoms with E-state index in [0.717, 1.165) is 25.7 Å². The summed E-state index contributed by atoms with van der Waals surface area (Å²) >= 11 is 6.10. The van der Waals surface area contributed by atoms with Crippen molar-refractivity contribution in [2.75, 3.05) is 6.54 Å². The van der Waals surface area contributed by atoms with E-state index in [1.165, 1.54) is 6.42 Å². The highest BCUT2D eigenvalue weighted by molar-refractivity contribution is 6.34. The van der Waals surface area contributed by atoms with Crippen molar-refractivity contribution in [2.24, 2.45) is 11.1 Å². The number of benzene rings is 1.